The fraction of sp³-hybridized carbons (Fsp3) is 0.333. The van der Waals surface area contributed by atoms with Crippen molar-refractivity contribution in [2.45, 2.75) is 13.8 Å². The van der Waals surface area contributed by atoms with Gasteiger partial charge < -0.3 is 45.7 Å². The van der Waals surface area contributed by atoms with Gasteiger partial charge in [-0.15, -0.1) is 0 Å². The first-order valence-electron chi connectivity index (χ1n) is 9.48. The van der Waals surface area contributed by atoms with Gasteiger partial charge in [0.25, 0.3) is 0 Å². The van der Waals surface area contributed by atoms with E-state index in [4.69, 9.17) is 102 Å². The van der Waals surface area contributed by atoms with Gasteiger partial charge in [-0.1, -0.05) is 0 Å². The molecule has 0 aliphatic carbocycles. The Balaban J connectivity index is -0.0000000589. The summed E-state index contributed by atoms with van der Waals surface area (Å²) in [6, 6.07) is 0. The fourth-order valence-electron chi connectivity index (χ4n) is 0.399. The van der Waals surface area contributed by atoms with Crippen LogP contribution in [0.5, 0.6) is 0 Å². The molecule has 58 heavy (non-hydrogen) atoms. The molecule has 0 radical (unpaired) electrons. The van der Waals surface area contributed by atoms with Gasteiger partial charge in [-0.05, 0) is 0 Å². The molecule has 0 fully saturated rings. The Labute approximate surface area is 350 Å². The van der Waals surface area contributed by atoms with Crippen molar-refractivity contribution in [2.75, 3.05) is 0 Å². The van der Waals surface area contributed by atoms with Crippen molar-refractivity contribution >= 4 is 104 Å². The average molecular weight is 986 g/mol. The zero-order valence-electron chi connectivity index (χ0n) is 26.7. The molecule has 0 aromatic carbocycles. The van der Waals surface area contributed by atoms with Crippen LogP contribution in [0.25, 0.3) is 0 Å². The maximum absolute atomic E-state index is 11.8. The van der Waals surface area contributed by atoms with Crippen LogP contribution >= 0.6 is 0 Å². The molecule has 0 bridgehead atoms. The van der Waals surface area contributed by atoms with Crippen molar-refractivity contribution in [3.8, 4) is 0 Å². The van der Waals surface area contributed by atoms with E-state index in [0.29, 0.717) is 0 Å². The van der Waals surface area contributed by atoms with Gasteiger partial charge in [0.15, 0.2) is 0 Å². The van der Waals surface area contributed by atoms with E-state index >= 15 is 0 Å². The Morgan fingerprint density at radius 1 is 0.328 bits per heavy atom. The molecule has 0 saturated carbocycles. The van der Waals surface area contributed by atoms with Crippen LogP contribution in [-0.4, -0.2) is 165 Å². The Hall–Kier alpha value is -2.40. The summed E-state index contributed by atoms with van der Waals surface area (Å²) in [6.07, 6.45) is 0. The first-order chi connectivity index (χ1) is 23.2. The summed E-state index contributed by atoms with van der Waals surface area (Å²) < 4.78 is 214. The number of hydrogen-bond acceptors (Lipinski definition) is 21. The van der Waals surface area contributed by atoms with Gasteiger partial charge in [0, 0.05) is 0 Å². The van der Waals surface area contributed by atoms with E-state index in [1.54, 1.807) is 0 Å². The molecule has 0 aromatic heterocycles. The van der Waals surface area contributed by atoms with Crippen LogP contribution in [0.15, 0.2) is 0 Å². The Morgan fingerprint density at radius 3 is 0.379 bits per heavy atom. The molecule has 0 heterocycles. The van der Waals surface area contributed by atoms with Crippen molar-refractivity contribution in [3.05, 3.63) is 0 Å². The van der Waals surface area contributed by atoms with Crippen molar-refractivity contribution in [1.82, 2.24) is 0 Å². The number of carboxylic acid groups (broad SMARTS) is 6. The molecule has 0 amide bonds. The monoisotopic (exact) mass is 986 g/mol. The molecule has 12 N–H and O–H groups in total. The van der Waals surface area contributed by atoms with E-state index in [-0.39, 0.29) is 56.6 Å². The number of hydrogen-bond donors (Lipinski definition) is 12. The zero-order chi connectivity index (χ0) is 47.5. The van der Waals surface area contributed by atoms with Crippen LogP contribution in [-0.2, 0) is 89.5 Å². The second-order valence-corrected chi connectivity index (χ2v) is 15.9. The minimum Gasteiger partial charge on any atom is -0.907 e. The van der Waals surface area contributed by atoms with Crippen LogP contribution in [0.1, 0.15) is 0 Å². The zero-order valence-corrected chi connectivity index (χ0v) is 31.6. The smallest absolute Gasteiger partial charge is 0.907 e. The van der Waals surface area contributed by atoms with Crippen molar-refractivity contribution in [2.24, 2.45) is 0 Å². The minimum atomic E-state index is -6.13. The number of aliphatic carboxylic acids is 6. The quantitative estimate of drug-likeness (QED) is 0.0509. The van der Waals surface area contributed by atoms with Crippen LogP contribution in [0.3, 0.4) is 0 Å². The topological polar surface area (TPSA) is 619 Å². The molecule has 0 aromatic rings. The van der Waals surface area contributed by atoms with E-state index in [2.05, 4.69) is 0 Å². The summed E-state index contributed by atoms with van der Waals surface area (Å²) >= 11 is 0. The summed E-state index contributed by atoms with van der Waals surface area (Å²) in [6.45, 7) is 0. The van der Waals surface area contributed by atoms with E-state index < -0.39 is 118 Å². The van der Waals surface area contributed by atoms with E-state index in [9.17, 15) is 76.8 Å². The predicted molar refractivity (Wildman–Crippen MR) is 136 cm³/mol. The minimum absolute atomic E-state index is 0. The van der Waals surface area contributed by atoms with E-state index in [1.165, 1.54) is 0 Å². The third-order valence-corrected chi connectivity index (χ3v) is 9.75. The molecule has 0 aliphatic rings. The maximum Gasteiger partial charge on any atom is 1.00 e. The first-order valence-corrected chi connectivity index (χ1v) is 18.1. The van der Waals surface area contributed by atoms with E-state index in [1.807, 2.05) is 0 Å². The number of carboxylic acids is 6. The molecule has 0 aliphatic heterocycles. The van der Waals surface area contributed by atoms with Gasteiger partial charge in [-0.25, -0.2) is 28.8 Å². The van der Waals surface area contributed by atoms with Crippen molar-refractivity contribution in [1.29, 1.82) is 0 Å². The Bertz CT molecular complexity index is 1660. The van der Waals surface area contributed by atoms with Crippen LogP contribution in [0, 0.1) is 0 Å². The molecular formula is C9H12BF6Li3O33S6. The first kappa shape index (κ1) is 79.7. The normalized spacial score (nSPS) is 11.2. The second-order valence-electron chi connectivity index (χ2n) is 6.36. The molecular weight excluding hydrogens is 974 g/mol. The predicted octanol–water partition coefficient (Wildman–Crippen LogP) is -17.5. The summed E-state index contributed by atoms with van der Waals surface area (Å²) in [5, 5.41) is 69.6. The summed E-state index contributed by atoms with van der Waals surface area (Å²) in [7, 11) is -39.7. The van der Waals surface area contributed by atoms with Gasteiger partial charge in [0.2, 0.25) is 0 Å². The van der Waals surface area contributed by atoms with Crippen LogP contribution in [0.2, 0.25) is 0 Å². The summed E-state index contributed by atoms with van der Waals surface area (Å²) in [4.78, 5) is 54.6. The summed E-state index contributed by atoms with van der Waals surface area (Å²) in [5.41, 5.74) is 0. The largest absolute Gasteiger partial charge is 1.00 e. The summed E-state index contributed by atoms with van der Waals surface area (Å²) in [5.74, 6) is -10.9. The van der Waals surface area contributed by atoms with Gasteiger partial charge in [0.1, 0.15) is 0 Å². The van der Waals surface area contributed by atoms with Crippen molar-refractivity contribution in [3.63, 3.8) is 0 Å². The molecule has 330 valence electrons. The third kappa shape index (κ3) is 36.7. The molecule has 33 nitrogen and oxygen atoms in total. The molecule has 0 unspecified atom stereocenters. The third-order valence-electron chi connectivity index (χ3n) is 2.35. The van der Waals surface area contributed by atoms with Gasteiger partial charge in [-0.2, -0.15) is 76.8 Å². The van der Waals surface area contributed by atoms with Gasteiger partial charge in [0.05, 0.1) is 0 Å². The Kier molecular flexibility index (Phi) is 40.9. The molecule has 0 saturated heterocycles. The molecule has 0 spiro atoms. The molecule has 0 atom stereocenters. The van der Waals surface area contributed by atoms with Crippen molar-refractivity contribution < 1.29 is 235 Å². The van der Waals surface area contributed by atoms with Gasteiger partial charge in [-0.3, -0.25) is 34.6 Å². The standard InChI is InChI=1S/3C2H2O4.3CH2F2O6S2.BO3.3Li/c3*3-1(4)2(5)6;3*2-1(3,10(4,5)6)11(7,8)9;2-1(3)4;;;/h3*(H,3,4)(H,5,6);3*(H,4,5,6)(H,7,8,9);;;;/q;;;;;;-3;3*+1. The SMILES string of the molecule is O=C(O)C(=O)O.O=C(O)C(=O)O.O=C(O)C(=O)O.O=S(=O)(O)C(F)(F)S(=O)(=O)O.O=S(=O)(O)C(F)(F)S(=O)(=O)O.O=S(=O)(O)C(F)(F)S(=O)(=O)O.[Li+].[Li+].[Li+].[O-]B([O-])[O-]. The van der Waals surface area contributed by atoms with E-state index in [0.717, 1.165) is 0 Å². The van der Waals surface area contributed by atoms with Gasteiger partial charge >= 0.3 is 167 Å². The fourth-order valence-corrected chi connectivity index (χ4v) is 3.59. The second kappa shape index (κ2) is 29.8. The molecule has 49 heteroatoms. The van der Waals surface area contributed by atoms with Crippen LogP contribution < -0.4 is 71.7 Å². The maximum atomic E-state index is 11.8. The number of halogens is 6. The molecule has 0 rings (SSSR count). The van der Waals surface area contributed by atoms with Crippen LogP contribution in [0.4, 0.5) is 26.3 Å². The number of rotatable bonds is 6. The Morgan fingerprint density at radius 2 is 0.379 bits per heavy atom. The number of alkyl halides is 6. The average Bonchev–Trinajstić information content (AvgIpc) is 2.86. The number of carbonyl (C=O) groups is 6.